The van der Waals surface area contributed by atoms with Crippen molar-refractivity contribution in [3.05, 3.63) is 60.2 Å². The average molecular weight is 304 g/mol. The van der Waals surface area contributed by atoms with Crippen molar-refractivity contribution in [3.8, 4) is 11.1 Å². The zero-order chi connectivity index (χ0) is 15.5. The molecule has 0 saturated heterocycles. The SMILES string of the molecule is CC(c1ccc(-c2ccccc2)cc1)C(C=O)P(=O)(O)O. The predicted molar refractivity (Wildman–Crippen MR) is 82.2 cm³/mol. The van der Waals surface area contributed by atoms with E-state index in [9.17, 15) is 19.1 Å². The Kier molecular flexibility index (Phi) is 4.73. The number of hydrogen-bond acceptors (Lipinski definition) is 2. The van der Waals surface area contributed by atoms with Crippen LogP contribution in [0.3, 0.4) is 0 Å². The molecule has 0 heterocycles. The highest BCUT2D eigenvalue weighted by Crippen LogP contribution is 2.46. The summed E-state index contributed by atoms with van der Waals surface area (Å²) in [5, 5.41) is 0. The Balaban J connectivity index is 2.27. The summed E-state index contributed by atoms with van der Waals surface area (Å²) in [4.78, 5) is 29.4. The van der Waals surface area contributed by atoms with Gasteiger partial charge in [0.1, 0.15) is 11.9 Å². The molecule has 4 nitrogen and oxygen atoms in total. The van der Waals surface area contributed by atoms with Gasteiger partial charge in [-0.1, -0.05) is 61.5 Å². The first-order chi connectivity index (χ1) is 9.93. The average Bonchev–Trinajstić information content (AvgIpc) is 2.47. The van der Waals surface area contributed by atoms with Crippen molar-refractivity contribution in [3.63, 3.8) is 0 Å². The molecule has 2 atom stereocenters. The molecule has 0 bridgehead atoms. The summed E-state index contributed by atoms with van der Waals surface area (Å²) in [5.41, 5.74) is 1.51. The molecule has 0 radical (unpaired) electrons. The van der Waals surface area contributed by atoms with E-state index in [0.29, 0.717) is 6.29 Å². The van der Waals surface area contributed by atoms with Gasteiger partial charge in [0.25, 0.3) is 0 Å². The smallest absolute Gasteiger partial charge is 0.324 e. The van der Waals surface area contributed by atoms with Crippen LogP contribution in [0.4, 0.5) is 0 Å². The Morgan fingerprint density at radius 2 is 1.48 bits per heavy atom. The van der Waals surface area contributed by atoms with Gasteiger partial charge in [0.05, 0.1) is 0 Å². The highest BCUT2D eigenvalue weighted by Gasteiger charge is 2.34. The second-order valence-electron chi connectivity index (χ2n) is 4.99. The molecule has 21 heavy (non-hydrogen) atoms. The number of carbonyl (C=O) groups is 1. The molecule has 110 valence electrons. The Morgan fingerprint density at radius 1 is 0.952 bits per heavy atom. The van der Waals surface area contributed by atoms with Crippen LogP contribution >= 0.6 is 7.60 Å². The zero-order valence-electron chi connectivity index (χ0n) is 11.6. The van der Waals surface area contributed by atoms with Gasteiger partial charge in [-0.3, -0.25) is 4.57 Å². The fourth-order valence-electron chi connectivity index (χ4n) is 2.30. The van der Waals surface area contributed by atoms with E-state index in [4.69, 9.17) is 0 Å². The van der Waals surface area contributed by atoms with Gasteiger partial charge in [-0.25, -0.2) is 0 Å². The molecule has 0 aliphatic rings. The van der Waals surface area contributed by atoms with E-state index in [1.165, 1.54) is 0 Å². The minimum absolute atomic E-state index is 0.344. The van der Waals surface area contributed by atoms with Gasteiger partial charge in [0, 0.05) is 5.92 Å². The third-order valence-corrected chi connectivity index (χ3v) is 4.93. The Bertz CT molecular complexity index is 646. The lowest BCUT2D eigenvalue weighted by Gasteiger charge is -2.20. The van der Waals surface area contributed by atoms with Crippen LogP contribution in [0.1, 0.15) is 18.4 Å². The standard InChI is InChI=1S/C16H17O4P/c1-12(16(11-17)21(18,19)20)13-7-9-15(10-8-13)14-5-3-2-4-6-14/h2-12,16H,1H3,(H2,18,19,20). The topological polar surface area (TPSA) is 74.6 Å². The van der Waals surface area contributed by atoms with E-state index in [-0.39, 0.29) is 0 Å². The molecule has 0 saturated carbocycles. The molecule has 2 aromatic carbocycles. The van der Waals surface area contributed by atoms with Gasteiger partial charge in [0.15, 0.2) is 0 Å². The van der Waals surface area contributed by atoms with Gasteiger partial charge in [0.2, 0.25) is 0 Å². The van der Waals surface area contributed by atoms with Crippen LogP contribution in [0, 0.1) is 0 Å². The molecule has 2 unspecified atom stereocenters. The normalized spacial score (nSPS) is 14.4. The second kappa shape index (κ2) is 6.35. The summed E-state index contributed by atoms with van der Waals surface area (Å²) >= 11 is 0. The molecular formula is C16H17O4P. The fraction of sp³-hybridized carbons (Fsp3) is 0.188. The van der Waals surface area contributed by atoms with Crippen molar-refractivity contribution in [1.82, 2.24) is 0 Å². The van der Waals surface area contributed by atoms with Crippen molar-refractivity contribution >= 4 is 13.9 Å². The molecule has 2 aromatic rings. The summed E-state index contributed by atoms with van der Waals surface area (Å²) in [7, 11) is -4.44. The number of hydrogen-bond donors (Lipinski definition) is 2. The van der Waals surface area contributed by atoms with Crippen LogP contribution < -0.4 is 0 Å². The summed E-state index contributed by atoms with van der Waals surface area (Å²) in [6.45, 7) is 1.65. The number of rotatable bonds is 5. The summed E-state index contributed by atoms with van der Waals surface area (Å²) in [6, 6.07) is 17.2. The number of carbonyl (C=O) groups excluding carboxylic acids is 1. The monoisotopic (exact) mass is 304 g/mol. The van der Waals surface area contributed by atoms with Gasteiger partial charge >= 0.3 is 7.60 Å². The molecule has 2 rings (SSSR count). The van der Waals surface area contributed by atoms with Crippen LogP contribution in [-0.2, 0) is 9.36 Å². The molecule has 0 fully saturated rings. The molecular weight excluding hydrogens is 287 g/mol. The first kappa shape index (κ1) is 15.6. The number of benzene rings is 2. The lowest BCUT2D eigenvalue weighted by molar-refractivity contribution is -0.108. The maximum absolute atomic E-state index is 11.3. The predicted octanol–water partition coefficient (Wildman–Crippen LogP) is 3.20. The number of aldehydes is 1. The maximum atomic E-state index is 11.3. The first-order valence-corrected chi connectivity index (χ1v) is 8.27. The highest BCUT2D eigenvalue weighted by atomic mass is 31.2. The van der Waals surface area contributed by atoms with Crippen molar-refractivity contribution in [2.45, 2.75) is 18.5 Å². The Hall–Kier alpha value is -1.74. The van der Waals surface area contributed by atoms with Gasteiger partial charge in [-0.2, -0.15) is 0 Å². The third kappa shape index (κ3) is 3.67. The van der Waals surface area contributed by atoms with Gasteiger partial charge < -0.3 is 14.6 Å². The molecule has 0 amide bonds. The first-order valence-electron chi connectivity index (χ1n) is 6.59. The van der Waals surface area contributed by atoms with Crippen LogP contribution in [0.15, 0.2) is 54.6 Å². The molecule has 0 aliphatic heterocycles. The summed E-state index contributed by atoms with van der Waals surface area (Å²) in [5.74, 6) is -0.534. The van der Waals surface area contributed by atoms with Gasteiger partial charge in [-0.15, -0.1) is 0 Å². The quantitative estimate of drug-likeness (QED) is 0.657. The van der Waals surface area contributed by atoms with Crippen molar-refractivity contribution in [1.29, 1.82) is 0 Å². The van der Waals surface area contributed by atoms with E-state index in [0.717, 1.165) is 16.7 Å². The highest BCUT2D eigenvalue weighted by molar-refractivity contribution is 7.53. The third-order valence-electron chi connectivity index (χ3n) is 3.58. The molecule has 0 aromatic heterocycles. The lowest BCUT2D eigenvalue weighted by atomic mass is 9.95. The van der Waals surface area contributed by atoms with Gasteiger partial charge in [-0.05, 0) is 16.7 Å². The Labute approximate surface area is 123 Å². The largest absolute Gasteiger partial charge is 0.336 e. The van der Waals surface area contributed by atoms with Crippen molar-refractivity contribution < 1.29 is 19.1 Å². The molecule has 2 N–H and O–H groups in total. The van der Waals surface area contributed by atoms with E-state index in [2.05, 4.69) is 0 Å². The van der Waals surface area contributed by atoms with Crippen molar-refractivity contribution in [2.75, 3.05) is 0 Å². The van der Waals surface area contributed by atoms with E-state index in [1.807, 2.05) is 42.5 Å². The summed E-state index contributed by atoms with van der Waals surface area (Å²) in [6.07, 6.45) is 0.344. The van der Waals surface area contributed by atoms with E-state index >= 15 is 0 Å². The lowest BCUT2D eigenvalue weighted by Crippen LogP contribution is -2.18. The minimum Gasteiger partial charge on any atom is -0.324 e. The molecule has 5 heteroatoms. The van der Waals surface area contributed by atoms with Crippen LogP contribution in [-0.4, -0.2) is 21.7 Å². The minimum atomic E-state index is -4.44. The Morgan fingerprint density at radius 3 is 1.95 bits per heavy atom. The zero-order valence-corrected chi connectivity index (χ0v) is 12.5. The molecule has 0 spiro atoms. The van der Waals surface area contributed by atoms with E-state index < -0.39 is 19.2 Å². The molecule has 0 aliphatic carbocycles. The maximum Gasteiger partial charge on any atom is 0.336 e. The van der Waals surface area contributed by atoms with Crippen LogP contribution in [0.5, 0.6) is 0 Å². The van der Waals surface area contributed by atoms with Crippen LogP contribution in [0.2, 0.25) is 0 Å². The van der Waals surface area contributed by atoms with Crippen molar-refractivity contribution in [2.24, 2.45) is 0 Å². The second-order valence-corrected chi connectivity index (χ2v) is 6.77. The fourth-order valence-corrected chi connectivity index (χ4v) is 3.21. The van der Waals surface area contributed by atoms with Crippen LogP contribution in [0.25, 0.3) is 11.1 Å². The van der Waals surface area contributed by atoms with E-state index in [1.54, 1.807) is 19.1 Å². The summed E-state index contributed by atoms with van der Waals surface area (Å²) < 4.78 is 11.3.